The number of hydrogen-bond donors (Lipinski definition) is 1. The molecule has 3 aromatic rings. The molecular formula is C13H6ClF3N2S. The monoisotopic (exact) mass is 314 g/mol. The van der Waals surface area contributed by atoms with Crippen LogP contribution in [-0.2, 0) is 0 Å². The van der Waals surface area contributed by atoms with Crippen LogP contribution in [0, 0.1) is 22.2 Å². The van der Waals surface area contributed by atoms with Gasteiger partial charge in [-0.05, 0) is 30.4 Å². The smallest absolute Gasteiger partial charge is 0.182 e. The molecule has 0 fully saturated rings. The zero-order valence-corrected chi connectivity index (χ0v) is 11.3. The van der Waals surface area contributed by atoms with Gasteiger partial charge in [0, 0.05) is 6.07 Å². The molecule has 102 valence electrons. The summed E-state index contributed by atoms with van der Waals surface area (Å²) in [6.45, 7) is 0. The molecule has 1 N–H and O–H groups in total. The van der Waals surface area contributed by atoms with Crippen molar-refractivity contribution < 1.29 is 13.2 Å². The van der Waals surface area contributed by atoms with Crippen molar-refractivity contribution in [3.63, 3.8) is 0 Å². The van der Waals surface area contributed by atoms with Gasteiger partial charge in [0.15, 0.2) is 4.77 Å². The van der Waals surface area contributed by atoms with Crippen LogP contribution in [0.5, 0.6) is 0 Å². The second-order valence-electron chi connectivity index (χ2n) is 4.12. The summed E-state index contributed by atoms with van der Waals surface area (Å²) in [5.74, 6) is -2.28. The fourth-order valence-electron chi connectivity index (χ4n) is 2.03. The molecule has 0 aliphatic rings. The molecule has 1 heterocycles. The van der Waals surface area contributed by atoms with E-state index >= 15 is 0 Å². The summed E-state index contributed by atoms with van der Waals surface area (Å²) in [5, 5.41) is -0.102. The highest BCUT2D eigenvalue weighted by Crippen LogP contribution is 2.27. The van der Waals surface area contributed by atoms with Crippen molar-refractivity contribution in [1.29, 1.82) is 0 Å². The van der Waals surface area contributed by atoms with E-state index in [1.807, 2.05) is 0 Å². The zero-order valence-electron chi connectivity index (χ0n) is 9.75. The second-order valence-corrected chi connectivity index (χ2v) is 4.91. The molecule has 1 aromatic heterocycles. The molecule has 0 atom stereocenters. The fourth-order valence-corrected chi connectivity index (χ4v) is 2.49. The number of imidazole rings is 1. The van der Waals surface area contributed by atoms with E-state index in [4.69, 9.17) is 23.8 Å². The van der Waals surface area contributed by atoms with Crippen LogP contribution in [0.1, 0.15) is 0 Å². The summed E-state index contributed by atoms with van der Waals surface area (Å²) in [6.07, 6.45) is 0. The molecular weight excluding hydrogens is 309 g/mol. The van der Waals surface area contributed by atoms with Gasteiger partial charge in [0.1, 0.15) is 23.1 Å². The normalized spacial score (nSPS) is 11.2. The molecule has 0 aliphatic carbocycles. The number of nitrogens with one attached hydrogen (secondary N) is 1. The van der Waals surface area contributed by atoms with Gasteiger partial charge in [0.25, 0.3) is 0 Å². The van der Waals surface area contributed by atoms with Crippen LogP contribution in [0.3, 0.4) is 0 Å². The van der Waals surface area contributed by atoms with Crippen LogP contribution in [0.4, 0.5) is 13.2 Å². The quantitative estimate of drug-likeness (QED) is 0.642. The molecule has 0 unspecified atom stereocenters. The number of nitrogens with zero attached hydrogens (tertiary/aromatic N) is 1. The number of aromatic amines is 1. The topological polar surface area (TPSA) is 20.7 Å². The first-order valence-electron chi connectivity index (χ1n) is 5.53. The number of H-pyrrole nitrogens is 1. The van der Waals surface area contributed by atoms with Crippen LogP contribution in [0.2, 0.25) is 5.02 Å². The molecule has 0 radical (unpaired) electrons. The van der Waals surface area contributed by atoms with Gasteiger partial charge in [-0.25, -0.2) is 13.2 Å². The summed E-state index contributed by atoms with van der Waals surface area (Å²) >= 11 is 10.7. The zero-order chi connectivity index (χ0) is 14.4. The number of para-hydroxylation sites is 1. The summed E-state index contributed by atoms with van der Waals surface area (Å²) in [5.41, 5.74) is 0.246. The standard InChI is InChI=1S/C13H6ClF3N2S/c14-6-4-10-11(5-9(6)17)19(13(20)18-10)12-7(15)2-1-3-8(12)16/h1-5H,(H,18,20). The molecule has 3 rings (SSSR count). The number of aromatic nitrogens is 2. The number of halogens is 4. The molecule has 7 heteroatoms. The minimum Gasteiger partial charge on any atom is -0.330 e. The van der Waals surface area contributed by atoms with Crippen molar-refractivity contribution in [2.75, 3.05) is 0 Å². The lowest BCUT2D eigenvalue weighted by Gasteiger charge is -2.07. The van der Waals surface area contributed by atoms with Crippen molar-refractivity contribution >= 4 is 34.9 Å². The Bertz CT molecular complexity index is 865. The summed E-state index contributed by atoms with van der Waals surface area (Å²) < 4.78 is 42.4. The number of fused-ring (bicyclic) bond motifs is 1. The number of rotatable bonds is 1. The molecule has 2 nitrogen and oxygen atoms in total. The average Bonchev–Trinajstić information content (AvgIpc) is 2.67. The highest BCUT2D eigenvalue weighted by molar-refractivity contribution is 7.71. The first-order valence-corrected chi connectivity index (χ1v) is 6.32. The lowest BCUT2D eigenvalue weighted by atomic mass is 10.2. The Morgan fingerprint density at radius 1 is 1.05 bits per heavy atom. The van der Waals surface area contributed by atoms with Gasteiger partial charge in [0.2, 0.25) is 0 Å². The van der Waals surface area contributed by atoms with E-state index in [-0.39, 0.29) is 21.0 Å². The molecule has 0 aliphatic heterocycles. The molecule has 0 amide bonds. The Morgan fingerprint density at radius 2 is 1.70 bits per heavy atom. The third-order valence-electron chi connectivity index (χ3n) is 2.89. The molecule has 2 aromatic carbocycles. The largest absolute Gasteiger partial charge is 0.330 e. The van der Waals surface area contributed by atoms with Gasteiger partial charge in [-0.15, -0.1) is 0 Å². The summed E-state index contributed by atoms with van der Waals surface area (Å²) in [7, 11) is 0. The molecule has 20 heavy (non-hydrogen) atoms. The summed E-state index contributed by atoms with van der Waals surface area (Å²) in [6, 6.07) is 5.84. The van der Waals surface area contributed by atoms with Crippen molar-refractivity contribution in [1.82, 2.24) is 9.55 Å². The minimum atomic E-state index is -0.794. The third-order valence-corrected chi connectivity index (χ3v) is 3.46. The van der Waals surface area contributed by atoms with E-state index in [2.05, 4.69) is 4.98 Å². The summed E-state index contributed by atoms with van der Waals surface area (Å²) in [4.78, 5) is 2.74. The van der Waals surface area contributed by atoms with Gasteiger partial charge in [-0.2, -0.15) is 0 Å². The predicted molar refractivity (Wildman–Crippen MR) is 73.3 cm³/mol. The van der Waals surface area contributed by atoms with Crippen LogP contribution in [-0.4, -0.2) is 9.55 Å². The van der Waals surface area contributed by atoms with Gasteiger partial charge in [-0.3, -0.25) is 4.57 Å². The lowest BCUT2D eigenvalue weighted by molar-refractivity contribution is 0.570. The van der Waals surface area contributed by atoms with E-state index < -0.39 is 17.5 Å². The van der Waals surface area contributed by atoms with Crippen molar-refractivity contribution in [3.8, 4) is 5.69 Å². The van der Waals surface area contributed by atoms with Crippen molar-refractivity contribution in [2.45, 2.75) is 0 Å². The molecule has 0 saturated heterocycles. The van der Waals surface area contributed by atoms with Gasteiger partial charge >= 0.3 is 0 Å². The fraction of sp³-hybridized carbons (Fsp3) is 0. The SMILES string of the molecule is Fc1cc2c(cc1Cl)[nH]c(=S)n2-c1c(F)cccc1F. The van der Waals surface area contributed by atoms with Gasteiger partial charge in [-0.1, -0.05) is 17.7 Å². The van der Waals surface area contributed by atoms with Crippen LogP contribution in [0.15, 0.2) is 30.3 Å². The van der Waals surface area contributed by atoms with E-state index in [0.717, 1.165) is 22.8 Å². The third kappa shape index (κ3) is 1.92. The van der Waals surface area contributed by atoms with Crippen molar-refractivity contribution in [3.05, 3.63) is 57.6 Å². The molecule has 0 spiro atoms. The maximum atomic E-state index is 13.9. The average molecular weight is 315 g/mol. The van der Waals surface area contributed by atoms with Crippen LogP contribution in [0.25, 0.3) is 16.7 Å². The van der Waals surface area contributed by atoms with E-state index in [0.29, 0.717) is 5.52 Å². The Labute approximate surface area is 121 Å². The van der Waals surface area contributed by atoms with E-state index in [1.54, 1.807) is 0 Å². The first kappa shape index (κ1) is 13.2. The molecule has 0 bridgehead atoms. The highest BCUT2D eigenvalue weighted by atomic mass is 35.5. The van der Waals surface area contributed by atoms with Gasteiger partial charge < -0.3 is 4.98 Å². The minimum absolute atomic E-state index is 0.0469. The Kier molecular flexibility index (Phi) is 3.07. The maximum Gasteiger partial charge on any atom is 0.182 e. The van der Waals surface area contributed by atoms with E-state index in [1.165, 1.54) is 12.1 Å². The van der Waals surface area contributed by atoms with E-state index in [9.17, 15) is 13.2 Å². The van der Waals surface area contributed by atoms with Crippen LogP contribution < -0.4 is 0 Å². The second kappa shape index (κ2) is 4.64. The highest BCUT2D eigenvalue weighted by Gasteiger charge is 2.16. The predicted octanol–water partition coefficient (Wildman–Crippen LogP) is 4.76. The number of hydrogen-bond acceptors (Lipinski definition) is 1. The first-order chi connectivity index (χ1) is 9.49. The van der Waals surface area contributed by atoms with Crippen LogP contribution >= 0.6 is 23.8 Å². The van der Waals surface area contributed by atoms with Gasteiger partial charge in [0.05, 0.1) is 16.1 Å². The molecule has 0 saturated carbocycles. The Balaban J connectivity index is 2.46. The lowest BCUT2D eigenvalue weighted by Crippen LogP contribution is -2.01. The van der Waals surface area contributed by atoms with Crippen molar-refractivity contribution in [2.24, 2.45) is 0 Å². The Hall–Kier alpha value is -1.79. The maximum absolute atomic E-state index is 13.9. The Morgan fingerprint density at radius 3 is 2.35 bits per heavy atom. The number of benzene rings is 2.